The van der Waals surface area contributed by atoms with E-state index in [9.17, 15) is 13.2 Å². The van der Waals surface area contributed by atoms with Gasteiger partial charge in [0.25, 0.3) is 0 Å². The van der Waals surface area contributed by atoms with E-state index in [1.54, 1.807) is 11.8 Å². The Morgan fingerprint density at radius 2 is 2.32 bits per heavy atom. The SMILES string of the molecule is CC1(CNS(=O)(=O)c2ccsc2C(=O)O)CCCS1. The smallest absolute Gasteiger partial charge is 0.347 e. The van der Waals surface area contributed by atoms with E-state index < -0.39 is 16.0 Å². The third-order valence-corrected chi connectivity index (χ3v) is 7.06. The van der Waals surface area contributed by atoms with Crippen LogP contribution in [0.1, 0.15) is 29.4 Å². The van der Waals surface area contributed by atoms with Crippen LogP contribution in [0.5, 0.6) is 0 Å². The van der Waals surface area contributed by atoms with Gasteiger partial charge in [0.15, 0.2) is 0 Å². The lowest BCUT2D eigenvalue weighted by molar-refractivity contribution is 0.0698. The number of thioether (sulfide) groups is 1. The molecule has 0 aromatic carbocycles. The van der Waals surface area contributed by atoms with Crippen LogP contribution in [-0.4, -0.2) is 36.5 Å². The monoisotopic (exact) mass is 321 g/mol. The van der Waals surface area contributed by atoms with E-state index >= 15 is 0 Å². The van der Waals surface area contributed by atoms with Gasteiger partial charge in [0.2, 0.25) is 10.0 Å². The number of sulfonamides is 1. The molecule has 1 aliphatic heterocycles. The van der Waals surface area contributed by atoms with Gasteiger partial charge in [0, 0.05) is 11.3 Å². The first-order valence-electron chi connectivity index (χ1n) is 5.78. The van der Waals surface area contributed by atoms with Gasteiger partial charge in [0.05, 0.1) is 0 Å². The minimum absolute atomic E-state index is 0.0908. The van der Waals surface area contributed by atoms with Gasteiger partial charge in [-0.05, 0) is 37.0 Å². The van der Waals surface area contributed by atoms with Crippen LogP contribution in [0.15, 0.2) is 16.3 Å². The summed E-state index contributed by atoms with van der Waals surface area (Å²) >= 11 is 2.67. The largest absolute Gasteiger partial charge is 0.477 e. The lowest BCUT2D eigenvalue weighted by Gasteiger charge is -2.22. The minimum atomic E-state index is -3.75. The summed E-state index contributed by atoms with van der Waals surface area (Å²) in [6.45, 7) is 2.35. The Morgan fingerprint density at radius 1 is 1.58 bits per heavy atom. The molecular weight excluding hydrogens is 306 g/mol. The molecule has 0 aliphatic carbocycles. The first-order chi connectivity index (χ1) is 8.84. The zero-order valence-corrected chi connectivity index (χ0v) is 12.8. The second kappa shape index (κ2) is 5.43. The van der Waals surface area contributed by atoms with E-state index in [2.05, 4.69) is 4.72 Å². The summed E-state index contributed by atoms with van der Waals surface area (Å²) in [5.74, 6) is -0.173. The molecule has 0 amide bonds. The van der Waals surface area contributed by atoms with E-state index in [-0.39, 0.29) is 14.5 Å². The highest BCUT2D eigenvalue weighted by Gasteiger charge is 2.32. The van der Waals surface area contributed by atoms with Gasteiger partial charge >= 0.3 is 5.97 Å². The van der Waals surface area contributed by atoms with Crippen molar-refractivity contribution < 1.29 is 18.3 Å². The van der Waals surface area contributed by atoms with Crippen LogP contribution in [0.3, 0.4) is 0 Å². The van der Waals surface area contributed by atoms with Gasteiger partial charge in [-0.1, -0.05) is 0 Å². The van der Waals surface area contributed by atoms with Crippen molar-refractivity contribution in [2.24, 2.45) is 0 Å². The number of hydrogen-bond acceptors (Lipinski definition) is 5. The van der Waals surface area contributed by atoms with Crippen LogP contribution in [0.4, 0.5) is 0 Å². The van der Waals surface area contributed by atoms with Crippen molar-refractivity contribution in [1.29, 1.82) is 0 Å². The van der Waals surface area contributed by atoms with Gasteiger partial charge in [-0.25, -0.2) is 17.9 Å². The first-order valence-corrected chi connectivity index (χ1v) is 9.13. The molecule has 2 N–H and O–H groups in total. The summed E-state index contributed by atoms with van der Waals surface area (Å²) in [6, 6.07) is 1.33. The molecule has 1 atom stereocenters. The quantitative estimate of drug-likeness (QED) is 0.867. The van der Waals surface area contributed by atoms with E-state index in [0.29, 0.717) is 6.54 Å². The molecule has 1 saturated heterocycles. The number of nitrogens with one attached hydrogen (secondary N) is 1. The van der Waals surface area contributed by atoms with Crippen LogP contribution < -0.4 is 4.72 Å². The second-order valence-corrected chi connectivity index (χ2v) is 8.98. The molecule has 0 radical (unpaired) electrons. The number of aromatic carboxylic acids is 1. The Bertz CT molecular complexity index is 573. The molecule has 19 heavy (non-hydrogen) atoms. The molecule has 8 heteroatoms. The molecule has 2 rings (SSSR count). The predicted molar refractivity (Wildman–Crippen MR) is 76.6 cm³/mol. The van der Waals surface area contributed by atoms with Crippen molar-refractivity contribution in [3.8, 4) is 0 Å². The average molecular weight is 321 g/mol. The molecule has 0 saturated carbocycles. The highest BCUT2D eigenvalue weighted by atomic mass is 32.2. The Balaban J connectivity index is 2.14. The van der Waals surface area contributed by atoms with Crippen molar-refractivity contribution >= 4 is 39.1 Å². The minimum Gasteiger partial charge on any atom is -0.477 e. The van der Waals surface area contributed by atoms with E-state index in [1.807, 2.05) is 6.92 Å². The molecular formula is C11H15NO4S3. The Hall–Kier alpha value is -0.570. The molecule has 1 unspecified atom stereocenters. The molecule has 5 nitrogen and oxygen atoms in total. The molecule has 1 aromatic heterocycles. The van der Waals surface area contributed by atoms with Gasteiger partial charge in [0.1, 0.15) is 9.77 Å². The maximum atomic E-state index is 12.1. The zero-order valence-electron chi connectivity index (χ0n) is 10.4. The maximum absolute atomic E-state index is 12.1. The van der Waals surface area contributed by atoms with E-state index in [0.717, 1.165) is 29.9 Å². The normalized spacial score (nSPS) is 23.6. The molecule has 1 fully saturated rings. The fraction of sp³-hybridized carbons (Fsp3) is 0.545. The van der Waals surface area contributed by atoms with Crippen LogP contribution >= 0.6 is 23.1 Å². The number of rotatable bonds is 5. The summed E-state index contributed by atoms with van der Waals surface area (Å²) in [4.78, 5) is 10.7. The molecule has 2 heterocycles. The fourth-order valence-electron chi connectivity index (χ4n) is 1.97. The summed E-state index contributed by atoms with van der Waals surface area (Å²) in [5, 5.41) is 10.4. The average Bonchev–Trinajstić information content (AvgIpc) is 2.96. The molecule has 1 aromatic rings. The standard InChI is InChI=1S/C11H15NO4S3/c1-11(4-2-5-18-11)7-12-19(15,16)8-3-6-17-9(8)10(13)14/h3,6,12H,2,4-5,7H2,1H3,(H,13,14). The van der Waals surface area contributed by atoms with Gasteiger partial charge < -0.3 is 5.11 Å². The van der Waals surface area contributed by atoms with Crippen molar-refractivity contribution in [3.63, 3.8) is 0 Å². The number of hydrogen-bond donors (Lipinski definition) is 2. The fourth-order valence-corrected chi connectivity index (χ4v) is 5.73. The van der Waals surface area contributed by atoms with Crippen molar-refractivity contribution in [1.82, 2.24) is 4.72 Å². The lowest BCUT2D eigenvalue weighted by atomic mass is 10.1. The summed E-state index contributed by atoms with van der Waals surface area (Å²) in [5.41, 5.74) is 0. The number of thiophene rings is 1. The van der Waals surface area contributed by atoms with E-state index in [4.69, 9.17) is 5.11 Å². The summed E-state index contributed by atoms with van der Waals surface area (Å²) < 4.78 is 26.7. The van der Waals surface area contributed by atoms with Crippen LogP contribution in [-0.2, 0) is 10.0 Å². The highest BCUT2D eigenvalue weighted by Crippen LogP contribution is 2.37. The topological polar surface area (TPSA) is 83.5 Å². The molecule has 106 valence electrons. The Kier molecular flexibility index (Phi) is 4.24. The number of carboxylic acids is 1. The van der Waals surface area contributed by atoms with Crippen LogP contribution in [0.2, 0.25) is 0 Å². The number of carboxylic acid groups (broad SMARTS) is 1. The van der Waals surface area contributed by atoms with Crippen LogP contribution in [0, 0.1) is 0 Å². The van der Waals surface area contributed by atoms with E-state index in [1.165, 1.54) is 11.4 Å². The van der Waals surface area contributed by atoms with Crippen molar-refractivity contribution in [2.75, 3.05) is 12.3 Å². The summed E-state index contributed by atoms with van der Waals surface area (Å²) in [6.07, 6.45) is 2.05. The van der Waals surface area contributed by atoms with Gasteiger partial charge in [-0.15, -0.1) is 11.3 Å². The second-order valence-electron chi connectivity index (χ2n) is 4.65. The van der Waals surface area contributed by atoms with Crippen molar-refractivity contribution in [2.45, 2.75) is 29.4 Å². The Morgan fingerprint density at radius 3 is 2.89 bits per heavy atom. The van der Waals surface area contributed by atoms with Crippen molar-refractivity contribution in [3.05, 3.63) is 16.3 Å². The van der Waals surface area contributed by atoms with Gasteiger partial charge in [-0.3, -0.25) is 0 Å². The maximum Gasteiger partial charge on any atom is 0.347 e. The molecule has 0 spiro atoms. The molecule has 1 aliphatic rings. The Labute approximate surface area is 120 Å². The predicted octanol–water partition coefficient (Wildman–Crippen LogP) is 2.01. The molecule has 0 bridgehead atoms. The zero-order chi connectivity index (χ0) is 14.1. The third-order valence-electron chi connectivity index (χ3n) is 3.05. The number of carbonyl (C=O) groups is 1. The first kappa shape index (κ1) is 14.8. The summed E-state index contributed by atoms with van der Waals surface area (Å²) in [7, 11) is -3.75. The van der Waals surface area contributed by atoms with Gasteiger partial charge in [-0.2, -0.15) is 11.8 Å². The highest BCUT2D eigenvalue weighted by molar-refractivity contribution is 8.01. The third kappa shape index (κ3) is 3.31. The lowest BCUT2D eigenvalue weighted by Crippen LogP contribution is -2.37. The van der Waals surface area contributed by atoms with Crippen LogP contribution in [0.25, 0.3) is 0 Å².